The van der Waals surface area contributed by atoms with Crippen molar-refractivity contribution in [2.45, 2.75) is 25.7 Å². The van der Waals surface area contributed by atoms with Crippen LogP contribution < -0.4 is 4.74 Å². The third kappa shape index (κ3) is 4.49. The Balaban J connectivity index is 1.44. The standard InChI is InChI=1S/C17H20ClN3O4/c1-11-19-16(25-20-11)12-4-6-21(7-5-12)8-9-24-15-3-2-13(17(22)23)10-14(15)18/h2-3,10,12H,4-9H2,1H3,(H,22,23). The number of piperidine rings is 1. The first-order valence-corrected chi connectivity index (χ1v) is 8.59. The molecule has 1 aliphatic rings. The van der Waals surface area contributed by atoms with E-state index < -0.39 is 5.97 Å². The van der Waals surface area contributed by atoms with Crippen LogP contribution in [0.3, 0.4) is 0 Å². The highest BCUT2D eigenvalue weighted by Gasteiger charge is 2.24. The Morgan fingerprint density at radius 1 is 1.44 bits per heavy atom. The van der Waals surface area contributed by atoms with E-state index in [-0.39, 0.29) is 5.56 Å². The minimum atomic E-state index is -1.01. The molecule has 25 heavy (non-hydrogen) atoms. The monoisotopic (exact) mass is 365 g/mol. The van der Waals surface area contributed by atoms with Gasteiger partial charge in [-0.3, -0.25) is 4.90 Å². The number of aromatic nitrogens is 2. The number of likely N-dealkylation sites (tertiary alicyclic amines) is 1. The topological polar surface area (TPSA) is 88.7 Å². The van der Waals surface area contributed by atoms with E-state index in [1.54, 1.807) is 6.07 Å². The van der Waals surface area contributed by atoms with Crippen LogP contribution in [0.2, 0.25) is 5.02 Å². The largest absolute Gasteiger partial charge is 0.491 e. The maximum Gasteiger partial charge on any atom is 0.335 e. The van der Waals surface area contributed by atoms with Crippen LogP contribution in [0.15, 0.2) is 22.7 Å². The van der Waals surface area contributed by atoms with Crippen LogP contribution in [0, 0.1) is 6.92 Å². The lowest BCUT2D eigenvalue weighted by molar-refractivity contribution is 0.0697. The first-order valence-electron chi connectivity index (χ1n) is 8.21. The van der Waals surface area contributed by atoms with Gasteiger partial charge < -0.3 is 14.4 Å². The number of aromatic carboxylic acids is 1. The van der Waals surface area contributed by atoms with Crippen LogP contribution in [-0.4, -0.2) is 52.4 Å². The van der Waals surface area contributed by atoms with Gasteiger partial charge in [-0.1, -0.05) is 16.8 Å². The number of hydrogen-bond acceptors (Lipinski definition) is 6. The Labute approximate surface area is 150 Å². The van der Waals surface area contributed by atoms with Crippen molar-refractivity contribution in [2.75, 3.05) is 26.2 Å². The summed E-state index contributed by atoms with van der Waals surface area (Å²) in [4.78, 5) is 17.5. The number of nitrogens with zero attached hydrogens (tertiary/aromatic N) is 3. The molecule has 0 amide bonds. The van der Waals surface area contributed by atoms with E-state index in [0.29, 0.717) is 29.1 Å². The lowest BCUT2D eigenvalue weighted by Crippen LogP contribution is -2.36. The molecule has 3 rings (SSSR count). The summed E-state index contributed by atoms with van der Waals surface area (Å²) in [6, 6.07) is 4.48. The van der Waals surface area contributed by atoms with Crippen molar-refractivity contribution in [2.24, 2.45) is 0 Å². The van der Waals surface area contributed by atoms with E-state index in [4.69, 9.17) is 26.0 Å². The van der Waals surface area contributed by atoms with E-state index in [1.165, 1.54) is 12.1 Å². The van der Waals surface area contributed by atoms with Gasteiger partial charge in [-0.25, -0.2) is 4.79 Å². The van der Waals surface area contributed by atoms with Crippen LogP contribution in [0.4, 0.5) is 0 Å². The number of halogens is 1. The van der Waals surface area contributed by atoms with Gasteiger partial charge in [-0.15, -0.1) is 0 Å². The van der Waals surface area contributed by atoms with Gasteiger partial charge in [0.1, 0.15) is 12.4 Å². The van der Waals surface area contributed by atoms with Crippen molar-refractivity contribution in [3.63, 3.8) is 0 Å². The minimum absolute atomic E-state index is 0.149. The molecule has 1 aliphatic heterocycles. The van der Waals surface area contributed by atoms with Crippen LogP contribution in [0.25, 0.3) is 0 Å². The van der Waals surface area contributed by atoms with Gasteiger partial charge in [-0.05, 0) is 51.1 Å². The normalized spacial score (nSPS) is 16.1. The Bertz CT molecular complexity index is 741. The molecule has 1 aromatic carbocycles. The maximum absolute atomic E-state index is 10.9. The Kier molecular flexibility index (Phi) is 5.55. The molecule has 2 aromatic rings. The first kappa shape index (κ1) is 17.7. The van der Waals surface area contributed by atoms with E-state index in [9.17, 15) is 4.79 Å². The fraction of sp³-hybridized carbons (Fsp3) is 0.471. The number of carboxylic acid groups (broad SMARTS) is 1. The summed E-state index contributed by atoms with van der Waals surface area (Å²) in [6.45, 7) is 5.00. The van der Waals surface area contributed by atoms with Crippen molar-refractivity contribution in [3.05, 3.63) is 40.5 Å². The molecule has 2 heterocycles. The Morgan fingerprint density at radius 3 is 2.80 bits per heavy atom. The third-order valence-corrected chi connectivity index (χ3v) is 4.62. The van der Waals surface area contributed by atoms with E-state index in [2.05, 4.69) is 15.0 Å². The highest BCUT2D eigenvalue weighted by atomic mass is 35.5. The van der Waals surface area contributed by atoms with E-state index in [0.717, 1.165) is 38.4 Å². The molecule has 8 heteroatoms. The summed E-state index contributed by atoms with van der Waals surface area (Å²) in [7, 11) is 0. The molecule has 134 valence electrons. The Hall–Kier alpha value is -2.12. The molecule has 0 bridgehead atoms. The summed E-state index contributed by atoms with van der Waals surface area (Å²) >= 11 is 6.06. The predicted molar refractivity (Wildman–Crippen MR) is 91.4 cm³/mol. The number of benzene rings is 1. The van der Waals surface area contributed by atoms with Crippen molar-refractivity contribution in [3.8, 4) is 5.75 Å². The van der Waals surface area contributed by atoms with Gasteiger partial charge in [-0.2, -0.15) is 4.98 Å². The number of rotatable bonds is 6. The maximum atomic E-state index is 10.9. The molecule has 0 aliphatic carbocycles. The van der Waals surface area contributed by atoms with Crippen LogP contribution in [0.5, 0.6) is 5.75 Å². The lowest BCUT2D eigenvalue weighted by Gasteiger charge is -2.30. The van der Waals surface area contributed by atoms with E-state index >= 15 is 0 Å². The molecule has 1 N–H and O–H groups in total. The number of hydrogen-bond donors (Lipinski definition) is 1. The predicted octanol–water partition coefficient (Wildman–Crippen LogP) is 2.99. The van der Waals surface area contributed by atoms with Crippen LogP contribution >= 0.6 is 11.6 Å². The quantitative estimate of drug-likeness (QED) is 0.841. The molecule has 0 radical (unpaired) electrons. The molecule has 0 spiro atoms. The first-order chi connectivity index (χ1) is 12.0. The van der Waals surface area contributed by atoms with Gasteiger partial charge in [0.05, 0.1) is 10.6 Å². The third-order valence-electron chi connectivity index (χ3n) is 4.32. The average molecular weight is 366 g/mol. The second-order valence-electron chi connectivity index (χ2n) is 6.09. The minimum Gasteiger partial charge on any atom is -0.491 e. The van der Waals surface area contributed by atoms with Crippen molar-refractivity contribution in [1.29, 1.82) is 0 Å². The highest BCUT2D eigenvalue weighted by Crippen LogP contribution is 2.27. The molecular weight excluding hydrogens is 346 g/mol. The summed E-state index contributed by atoms with van der Waals surface area (Å²) in [5.41, 5.74) is 0.149. The second-order valence-corrected chi connectivity index (χ2v) is 6.50. The number of carboxylic acids is 1. The zero-order chi connectivity index (χ0) is 17.8. The molecular formula is C17H20ClN3O4. The fourth-order valence-corrected chi connectivity index (χ4v) is 3.15. The van der Waals surface area contributed by atoms with Gasteiger partial charge in [0.15, 0.2) is 5.82 Å². The Morgan fingerprint density at radius 2 is 2.20 bits per heavy atom. The van der Waals surface area contributed by atoms with E-state index in [1.807, 2.05) is 6.92 Å². The molecule has 7 nitrogen and oxygen atoms in total. The van der Waals surface area contributed by atoms with Gasteiger partial charge in [0.2, 0.25) is 5.89 Å². The lowest BCUT2D eigenvalue weighted by atomic mass is 9.97. The van der Waals surface area contributed by atoms with Gasteiger partial charge in [0.25, 0.3) is 0 Å². The van der Waals surface area contributed by atoms with Crippen LogP contribution in [-0.2, 0) is 0 Å². The number of carbonyl (C=O) groups is 1. The van der Waals surface area contributed by atoms with Crippen molar-refractivity contribution < 1.29 is 19.2 Å². The summed E-state index contributed by atoms with van der Waals surface area (Å²) in [6.07, 6.45) is 1.96. The summed E-state index contributed by atoms with van der Waals surface area (Å²) < 4.78 is 10.9. The summed E-state index contributed by atoms with van der Waals surface area (Å²) in [5, 5.41) is 13.1. The fourth-order valence-electron chi connectivity index (χ4n) is 2.92. The number of ether oxygens (including phenoxy) is 1. The summed E-state index contributed by atoms with van der Waals surface area (Å²) in [5.74, 6) is 1.24. The molecule has 1 fully saturated rings. The molecule has 1 aromatic heterocycles. The smallest absolute Gasteiger partial charge is 0.335 e. The zero-order valence-corrected chi connectivity index (χ0v) is 14.7. The molecule has 0 unspecified atom stereocenters. The highest BCUT2D eigenvalue weighted by molar-refractivity contribution is 6.32. The number of aryl methyl sites for hydroxylation is 1. The average Bonchev–Trinajstić information content (AvgIpc) is 3.03. The second kappa shape index (κ2) is 7.84. The molecule has 0 atom stereocenters. The van der Waals surface area contributed by atoms with Crippen molar-refractivity contribution >= 4 is 17.6 Å². The molecule has 1 saturated heterocycles. The SMILES string of the molecule is Cc1noc(C2CCN(CCOc3ccc(C(=O)O)cc3Cl)CC2)n1. The zero-order valence-electron chi connectivity index (χ0n) is 13.9. The van der Waals surface area contributed by atoms with Gasteiger partial charge >= 0.3 is 5.97 Å². The van der Waals surface area contributed by atoms with Gasteiger partial charge in [0, 0.05) is 12.5 Å². The molecule has 0 saturated carbocycles. The van der Waals surface area contributed by atoms with Crippen LogP contribution in [0.1, 0.15) is 40.8 Å². The van der Waals surface area contributed by atoms with Crippen molar-refractivity contribution in [1.82, 2.24) is 15.0 Å².